The maximum absolute atomic E-state index is 12.6. The van der Waals surface area contributed by atoms with Crippen molar-refractivity contribution in [2.45, 2.75) is 119 Å². The highest BCUT2D eigenvalue weighted by Gasteiger charge is 2.28. The number of amides is 2. The van der Waals surface area contributed by atoms with Crippen LogP contribution in [0.4, 0.5) is 0 Å². The van der Waals surface area contributed by atoms with E-state index < -0.39 is 5.41 Å². The molecular formula is C26H58N3O4P. The largest absolute Gasteiger partial charge is 0.378 e. The smallest absolute Gasteiger partial charge is 0.225 e. The van der Waals surface area contributed by atoms with Crippen molar-refractivity contribution in [2.24, 2.45) is 5.41 Å². The van der Waals surface area contributed by atoms with Gasteiger partial charge in [0, 0.05) is 44.2 Å². The zero-order chi connectivity index (χ0) is 27.4. The van der Waals surface area contributed by atoms with Crippen molar-refractivity contribution in [2.75, 3.05) is 33.4 Å². The first-order chi connectivity index (χ1) is 15.7. The molecule has 0 spiro atoms. The Morgan fingerprint density at radius 1 is 0.882 bits per heavy atom. The minimum atomic E-state index is -0.508. The molecule has 206 valence electrons. The summed E-state index contributed by atoms with van der Waals surface area (Å²) >= 11 is 0. The fourth-order valence-corrected chi connectivity index (χ4v) is 2.83. The monoisotopic (exact) mass is 507 g/mol. The molecule has 2 amide bonds. The number of ether oxygens (including phenoxy) is 2. The summed E-state index contributed by atoms with van der Waals surface area (Å²) in [5.74, 6) is -0.0112. The van der Waals surface area contributed by atoms with Crippen LogP contribution in [-0.4, -0.2) is 62.2 Å². The van der Waals surface area contributed by atoms with Crippen LogP contribution >= 0.6 is 9.24 Å². The quantitative estimate of drug-likeness (QED) is 0.259. The third kappa shape index (κ3) is 21.8. The number of nitrogens with one attached hydrogen (secondary N) is 3. The molecule has 0 bridgehead atoms. The van der Waals surface area contributed by atoms with Gasteiger partial charge in [0.2, 0.25) is 11.8 Å². The summed E-state index contributed by atoms with van der Waals surface area (Å²) < 4.78 is 11.8. The summed E-state index contributed by atoms with van der Waals surface area (Å²) in [5.41, 5.74) is -0.463. The highest BCUT2D eigenvalue weighted by Crippen LogP contribution is 2.25. The summed E-state index contributed by atoms with van der Waals surface area (Å²) in [6.07, 6.45) is 3.06. The molecule has 0 aromatic heterocycles. The van der Waals surface area contributed by atoms with Crippen LogP contribution in [0, 0.1) is 5.41 Å². The zero-order valence-corrected chi connectivity index (χ0v) is 25.6. The minimum absolute atomic E-state index is 0.0223. The van der Waals surface area contributed by atoms with E-state index >= 15 is 0 Å². The normalized spacial score (nSPS) is 13.9. The van der Waals surface area contributed by atoms with E-state index in [1.54, 1.807) is 0 Å². The van der Waals surface area contributed by atoms with Gasteiger partial charge in [-0.2, -0.15) is 0 Å². The lowest BCUT2D eigenvalue weighted by Gasteiger charge is -2.30. The van der Waals surface area contributed by atoms with E-state index in [0.717, 1.165) is 19.3 Å². The lowest BCUT2D eigenvalue weighted by Crippen LogP contribution is -2.41. The fourth-order valence-electron chi connectivity index (χ4n) is 2.56. The molecule has 0 saturated carbocycles. The highest BCUT2D eigenvalue weighted by molar-refractivity contribution is 7.18. The molecule has 0 aliphatic carbocycles. The maximum atomic E-state index is 12.6. The summed E-state index contributed by atoms with van der Waals surface area (Å²) in [6, 6.07) is 0. The minimum Gasteiger partial charge on any atom is -0.378 e. The van der Waals surface area contributed by atoms with Crippen molar-refractivity contribution in [1.29, 1.82) is 0 Å². The molecule has 0 aromatic rings. The fraction of sp³-hybridized carbons (Fsp3) is 0.923. The summed E-state index contributed by atoms with van der Waals surface area (Å²) in [6.45, 7) is 24.0. The van der Waals surface area contributed by atoms with Crippen LogP contribution in [0.3, 0.4) is 0 Å². The number of hydrogen-bond donors (Lipinski definition) is 3. The van der Waals surface area contributed by atoms with Gasteiger partial charge in [-0.1, -0.05) is 41.5 Å². The molecule has 0 aliphatic heterocycles. The molecule has 3 atom stereocenters. The number of carbonyl (C=O) groups excluding carboxylic acids is 2. The van der Waals surface area contributed by atoms with Crippen molar-refractivity contribution < 1.29 is 19.1 Å². The Kier molecular flexibility index (Phi) is 22.7. The highest BCUT2D eigenvalue weighted by atomic mass is 31.0. The van der Waals surface area contributed by atoms with Crippen molar-refractivity contribution >= 4 is 21.1 Å². The van der Waals surface area contributed by atoms with Crippen LogP contribution in [-0.2, 0) is 19.1 Å². The number of hydrogen-bond acceptors (Lipinski definition) is 5. The van der Waals surface area contributed by atoms with Gasteiger partial charge in [-0.05, 0) is 60.4 Å². The predicted molar refractivity (Wildman–Crippen MR) is 149 cm³/mol. The maximum Gasteiger partial charge on any atom is 0.225 e. The summed E-state index contributed by atoms with van der Waals surface area (Å²) in [5, 5.41) is 8.70. The Hall–Kier alpha value is -0.750. The Labute approximate surface area is 213 Å². The molecule has 3 unspecified atom stereocenters. The van der Waals surface area contributed by atoms with Gasteiger partial charge >= 0.3 is 0 Å². The van der Waals surface area contributed by atoms with Crippen LogP contribution in [0.2, 0.25) is 0 Å². The molecule has 3 N–H and O–H groups in total. The van der Waals surface area contributed by atoms with E-state index in [2.05, 4.69) is 39.0 Å². The second-order valence-corrected chi connectivity index (χ2v) is 10.9. The molecule has 34 heavy (non-hydrogen) atoms. The lowest BCUT2D eigenvalue weighted by molar-refractivity contribution is -0.130. The van der Waals surface area contributed by atoms with Crippen molar-refractivity contribution in [1.82, 2.24) is 16.0 Å². The first-order valence-corrected chi connectivity index (χ1v) is 13.5. The van der Waals surface area contributed by atoms with Gasteiger partial charge in [0.15, 0.2) is 0 Å². The average molecular weight is 508 g/mol. The van der Waals surface area contributed by atoms with Gasteiger partial charge in [0.05, 0.1) is 11.4 Å². The Balaban J connectivity index is -0.00000227. The van der Waals surface area contributed by atoms with E-state index in [4.69, 9.17) is 9.47 Å². The average Bonchev–Trinajstić information content (AvgIpc) is 2.75. The Morgan fingerprint density at radius 2 is 1.44 bits per heavy atom. The van der Waals surface area contributed by atoms with Crippen LogP contribution in [0.1, 0.15) is 102 Å². The van der Waals surface area contributed by atoms with Crippen LogP contribution in [0.15, 0.2) is 0 Å². The molecule has 0 aliphatic rings. The number of rotatable bonds is 16. The van der Waals surface area contributed by atoms with E-state index in [-0.39, 0.29) is 28.8 Å². The third-order valence-electron chi connectivity index (χ3n) is 5.41. The standard InChI is InChI=1S/C22H46N3O4P.2C2H6/c1-17(9-13-24-18(2)26)28-15-11-20(3,4)19(27)25-14-10-22(7,30)29-16-12-21(5,6)23-8;2*1-2/h17,23H,9-16,30H2,1-8H3,(H,24,26)(H,25,27);2*1-2H3. The topological polar surface area (TPSA) is 88.7 Å². The Bertz CT molecular complexity index is 526. The van der Waals surface area contributed by atoms with Gasteiger partial charge in [0.25, 0.3) is 0 Å². The molecule has 7 nitrogen and oxygen atoms in total. The van der Waals surface area contributed by atoms with Gasteiger partial charge in [-0.3, -0.25) is 9.59 Å². The molecule has 8 heteroatoms. The second-order valence-electron chi connectivity index (χ2n) is 9.64. The summed E-state index contributed by atoms with van der Waals surface area (Å²) in [4.78, 5) is 23.5. The van der Waals surface area contributed by atoms with Crippen molar-refractivity contribution in [3.05, 3.63) is 0 Å². The van der Waals surface area contributed by atoms with Crippen molar-refractivity contribution in [3.8, 4) is 0 Å². The Morgan fingerprint density at radius 3 is 1.94 bits per heavy atom. The van der Waals surface area contributed by atoms with Crippen molar-refractivity contribution in [3.63, 3.8) is 0 Å². The first-order valence-electron chi connectivity index (χ1n) is 13.0. The first kappa shape index (κ1) is 37.8. The molecule has 0 radical (unpaired) electrons. The van der Waals surface area contributed by atoms with E-state index in [9.17, 15) is 9.59 Å². The van der Waals surface area contributed by atoms with Crippen LogP contribution in [0.25, 0.3) is 0 Å². The third-order valence-corrected chi connectivity index (χ3v) is 5.87. The van der Waals surface area contributed by atoms with Gasteiger partial charge in [-0.25, -0.2) is 0 Å². The SMILES string of the molecule is CC.CC.CNC(C)(C)CCOC(C)(P)CCNC(=O)C(C)(C)CCOC(C)CCNC(C)=O. The molecule has 0 rings (SSSR count). The second kappa shape index (κ2) is 20.4. The molecule has 0 saturated heterocycles. The zero-order valence-electron chi connectivity index (χ0n) is 24.4. The molecule has 0 aromatic carbocycles. The van der Waals surface area contributed by atoms with E-state index in [1.165, 1.54) is 6.92 Å². The van der Waals surface area contributed by atoms with Crippen LogP contribution in [0.5, 0.6) is 0 Å². The van der Waals surface area contributed by atoms with Gasteiger partial charge in [0.1, 0.15) is 0 Å². The summed E-state index contributed by atoms with van der Waals surface area (Å²) in [7, 11) is 4.71. The van der Waals surface area contributed by atoms with Gasteiger partial charge < -0.3 is 25.4 Å². The van der Waals surface area contributed by atoms with E-state index in [1.807, 2.05) is 62.4 Å². The number of carbonyl (C=O) groups is 2. The predicted octanol–water partition coefficient (Wildman–Crippen LogP) is 4.89. The molecule has 0 fully saturated rings. The van der Waals surface area contributed by atoms with Crippen LogP contribution < -0.4 is 16.0 Å². The van der Waals surface area contributed by atoms with E-state index in [0.29, 0.717) is 32.7 Å². The lowest BCUT2D eigenvalue weighted by atomic mass is 9.88. The molecule has 0 heterocycles. The molecular weight excluding hydrogens is 449 g/mol. The van der Waals surface area contributed by atoms with Gasteiger partial charge in [-0.15, -0.1) is 9.24 Å².